The summed E-state index contributed by atoms with van der Waals surface area (Å²) in [4.78, 5) is 1.36. The molecule has 6 heteroatoms. The molecule has 0 amide bonds. The second-order valence-corrected chi connectivity index (χ2v) is 5.09. The van der Waals surface area contributed by atoms with Crippen LogP contribution in [0.2, 0.25) is 0 Å². The molecule has 1 unspecified atom stereocenters. The molecule has 1 aliphatic carbocycles. The lowest BCUT2D eigenvalue weighted by molar-refractivity contribution is -0.149. The Labute approximate surface area is 106 Å². The van der Waals surface area contributed by atoms with Gasteiger partial charge in [0.2, 0.25) is 0 Å². The zero-order valence-corrected chi connectivity index (χ0v) is 10.8. The lowest BCUT2D eigenvalue weighted by Crippen LogP contribution is -2.42. The highest BCUT2D eigenvalue weighted by Crippen LogP contribution is 2.21. The largest absolute Gasteiger partial charge is 0.401 e. The average Bonchev–Trinajstić information content (AvgIpc) is 3.03. The molecule has 0 bridgehead atoms. The van der Waals surface area contributed by atoms with E-state index in [1.54, 1.807) is 13.8 Å². The fraction of sp³-hybridized carbons (Fsp3) is 0.917. The molecule has 0 aliphatic heterocycles. The van der Waals surface area contributed by atoms with E-state index in [-0.39, 0.29) is 18.6 Å². The number of nitrogens with one attached hydrogen (secondary N) is 1. The van der Waals surface area contributed by atoms with Crippen LogP contribution in [0.25, 0.3) is 0 Å². The van der Waals surface area contributed by atoms with Crippen molar-refractivity contribution < 1.29 is 13.2 Å². The van der Waals surface area contributed by atoms with Crippen LogP contribution < -0.4 is 5.32 Å². The van der Waals surface area contributed by atoms with Gasteiger partial charge < -0.3 is 0 Å². The van der Waals surface area contributed by atoms with Crippen LogP contribution in [0.5, 0.6) is 0 Å². The normalized spacial score (nSPS) is 18.1. The molecule has 1 fully saturated rings. The summed E-state index contributed by atoms with van der Waals surface area (Å²) >= 11 is 0. The van der Waals surface area contributed by atoms with E-state index >= 15 is 0 Å². The van der Waals surface area contributed by atoms with Crippen LogP contribution in [-0.4, -0.2) is 42.3 Å². The van der Waals surface area contributed by atoms with E-state index in [0.717, 1.165) is 12.8 Å². The molecule has 0 heterocycles. The van der Waals surface area contributed by atoms with Crippen LogP contribution in [0.3, 0.4) is 0 Å². The van der Waals surface area contributed by atoms with Crippen molar-refractivity contribution in [3.05, 3.63) is 0 Å². The summed E-state index contributed by atoms with van der Waals surface area (Å²) in [6, 6.07) is 1.99. The van der Waals surface area contributed by atoms with Crippen LogP contribution in [0.4, 0.5) is 13.2 Å². The molecule has 1 saturated carbocycles. The smallest absolute Gasteiger partial charge is 0.299 e. The maximum Gasteiger partial charge on any atom is 0.401 e. The van der Waals surface area contributed by atoms with E-state index in [9.17, 15) is 13.2 Å². The van der Waals surface area contributed by atoms with Gasteiger partial charge in [-0.15, -0.1) is 0 Å². The molecular formula is C12H20F3N3. The fourth-order valence-electron chi connectivity index (χ4n) is 1.76. The monoisotopic (exact) mass is 263 g/mol. The SMILES string of the molecule is CC(C)N(CCC(C#N)NC1CC1)CC(F)(F)F. The van der Waals surface area contributed by atoms with Crippen molar-refractivity contribution in [2.24, 2.45) is 0 Å². The number of nitriles is 1. The number of halogens is 3. The van der Waals surface area contributed by atoms with Crippen molar-refractivity contribution in [3.8, 4) is 6.07 Å². The Kier molecular flexibility index (Phi) is 5.42. The molecule has 0 spiro atoms. The highest BCUT2D eigenvalue weighted by Gasteiger charge is 2.32. The van der Waals surface area contributed by atoms with E-state index in [2.05, 4.69) is 11.4 Å². The van der Waals surface area contributed by atoms with Crippen molar-refractivity contribution in [2.75, 3.05) is 13.1 Å². The number of hydrogen-bond donors (Lipinski definition) is 1. The van der Waals surface area contributed by atoms with Gasteiger partial charge in [-0.3, -0.25) is 10.2 Å². The maximum absolute atomic E-state index is 12.4. The third kappa shape index (κ3) is 6.22. The number of rotatable bonds is 7. The quantitative estimate of drug-likeness (QED) is 0.766. The number of hydrogen-bond acceptors (Lipinski definition) is 3. The van der Waals surface area contributed by atoms with Crippen molar-refractivity contribution in [1.29, 1.82) is 5.26 Å². The second kappa shape index (κ2) is 6.39. The first-order valence-electron chi connectivity index (χ1n) is 6.28. The molecule has 0 aromatic rings. The predicted molar refractivity (Wildman–Crippen MR) is 62.9 cm³/mol. The molecule has 0 aromatic carbocycles. The first-order chi connectivity index (χ1) is 8.31. The van der Waals surface area contributed by atoms with Crippen LogP contribution in [0, 0.1) is 11.3 Å². The van der Waals surface area contributed by atoms with Crippen LogP contribution in [0.1, 0.15) is 33.1 Å². The van der Waals surface area contributed by atoms with E-state index in [1.807, 2.05) is 0 Å². The summed E-state index contributed by atoms with van der Waals surface area (Å²) in [6.07, 6.45) is -1.62. The molecule has 0 radical (unpaired) electrons. The van der Waals surface area contributed by atoms with Crippen molar-refractivity contribution in [3.63, 3.8) is 0 Å². The molecule has 1 rings (SSSR count). The number of alkyl halides is 3. The second-order valence-electron chi connectivity index (χ2n) is 5.09. The molecule has 1 N–H and O–H groups in total. The van der Waals surface area contributed by atoms with Gasteiger partial charge in [-0.2, -0.15) is 18.4 Å². The van der Waals surface area contributed by atoms with E-state index in [0.29, 0.717) is 12.5 Å². The minimum absolute atomic E-state index is 0.174. The number of nitrogens with zero attached hydrogens (tertiary/aromatic N) is 2. The van der Waals surface area contributed by atoms with Gasteiger partial charge in [-0.05, 0) is 33.1 Å². The highest BCUT2D eigenvalue weighted by molar-refractivity contribution is 4.96. The van der Waals surface area contributed by atoms with Crippen LogP contribution in [0.15, 0.2) is 0 Å². The molecule has 1 atom stereocenters. The summed E-state index contributed by atoms with van der Waals surface area (Å²) < 4.78 is 37.1. The van der Waals surface area contributed by atoms with Crippen molar-refractivity contribution in [2.45, 2.75) is 57.4 Å². The third-order valence-corrected chi connectivity index (χ3v) is 2.99. The minimum atomic E-state index is -4.18. The first kappa shape index (κ1) is 15.3. The van der Waals surface area contributed by atoms with Gasteiger partial charge in [0.25, 0.3) is 0 Å². The Morgan fingerprint density at radius 2 is 2.00 bits per heavy atom. The fourth-order valence-corrected chi connectivity index (χ4v) is 1.76. The van der Waals surface area contributed by atoms with Gasteiger partial charge in [0.05, 0.1) is 18.7 Å². The zero-order valence-electron chi connectivity index (χ0n) is 10.8. The molecule has 104 valence electrons. The molecule has 18 heavy (non-hydrogen) atoms. The molecule has 0 saturated heterocycles. The van der Waals surface area contributed by atoms with Gasteiger partial charge in [0.15, 0.2) is 0 Å². The predicted octanol–water partition coefficient (Wildman–Crippen LogP) is 2.29. The molecule has 3 nitrogen and oxygen atoms in total. The molecule has 0 aromatic heterocycles. The standard InChI is InChI=1S/C12H20F3N3/c1-9(2)18(8-12(13,14)15)6-5-11(7-16)17-10-3-4-10/h9-11,17H,3-6,8H2,1-2H3. The van der Waals surface area contributed by atoms with E-state index in [4.69, 9.17) is 5.26 Å². The summed E-state index contributed by atoms with van der Waals surface area (Å²) in [5, 5.41) is 12.1. The topological polar surface area (TPSA) is 39.1 Å². The Bertz CT molecular complexity index is 292. The lowest BCUT2D eigenvalue weighted by atomic mass is 10.2. The molecule has 1 aliphatic rings. The van der Waals surface area contributed by atoms with E-state index in [1.165, 1.54) is 4.90 Å². The van der Waals surface area contributed by atoms with Gasteiger partial charge >= 0.3 is 6.18 Å². The van der Waals surface area contributed by atoms with Crippen LogP contribution in [-0.2, 0) is 0 Å². The van der Waals surface area contributed by atoms with E-state index < -0.39 is 12.7 Å². The summed E-state index contributed by atoms with van der Waals surface area (Å²) in [5.74, 6) is 0. The Morgan fingerprint density at radius 1 is 1.39 bits per heavy atom. The van der Waals surface area contributed by atoms with Gasteiger partial charge in [0, 0.05) is 18.6 Å². The Hall–Kier alpha value is -0.800. The van der Waals surface area contributed by atoms with Gasteiger partial charge in [0.1, 0.15) is 0 Å². The highest BCUT2D eigenvalue weighted by atomic mass is 19.4. The minimum Gasteiger partial charge on any atom is -0.299 e. The summed E-state index contributed by atoms with van der Waals surface area (Å²) in [6.45, 7) is 2.85. The summed E-state index contributed by atoms with van der Waals surface area (Å²) in [7, 11) is 0. The average molecular weight is 263 g/mol. The third-order valence-electron chi connectivity index (χ3n) is 2.99. The van der Waals surface area contributed by atoms with Crippen LogP contribution >= 0.6 is 0 Å². The Morgan fingerprint density at radius 3 is 2.39 bits per heavy atom. The van der Waals surface area contributed by atoms with Gasteiger partial charge in [-0.1, -0.05) is 0 Å². The lowest BCUT2D eigenvalue weighted by Gasteiger charge is -2.28. The van der Waals surface area contributed by atoms with Crippen molar-refractivity contribution >= 4 is 0 Å². The maximum atomic E-state index is 12.4. The zero-order chi connectivity index (χ0) is 13.8. The van der Waals surface area contributed by atoms with Crippen molar-refractivity contribution in [1.82, 2.24) is 10.2 Å². The summed E-state index contributed by atoms with van der Waals surface area (Å²) in [5.41, 5.74) is 0. The van der Waals surface area contributed by atoms with Gasteiger partial charge in [-0.25, -0.2) is 0 Å². The Balaban J connectivity index is 2.37. The molecular weight excluding hydrogens is 243 g/mol. The first-order valence-corrected chi connectivity index (χ1v) is 6.28.